The number of nitrogens with zero attached hydrogens (tertiary/aromatic N) is 4. The monoisotopic (exact) mass is 558 g/mol. The Bertz CT molecular complexity index is 1230. The summed E-state index contributed by atoms with van der Waals surface area (Å²) in [5, 5.41) is 54.6. The van der Waals surface area contributed by atoms with Crippen molar-refractivity contribution in [2.24, 2.45) is 0 Å². The van der Waals surface area contributed by atoms with Crippen LogP contribution in [-0.2, 0) is 4.74 Å². The lowest BCUT2D eigenvalue weighted by Gasteiger charge is -2.44. The SMILES string of the molecule is CCC(O)(CC)[C@@H](S[C@@H]1O[C@H](CO)[C@H](O)[C@H](n2cc(-c3cc(F)c(F)c(F)c3)nn2)[C@H]1O)c1conc1C. The number of aliphatic hydroxyl groups excluding tert-OH is 3. The maximum Gasteiger partial charge on any atom is 0.194 e. The predicted molar refractivity (Wildman–Crippen MR) is 129 cm³/mol. The van der Waals surface area contributed by atoms with Crippen LogP contribution in [0.3, 0.4) is 0 Å². The molecule has 14 heteroatoms. The molecule has 2 aromatic heterocycles. The number of aryl methyl sites for hydroxylation is 1. The van der Waals surface area contributed by atoms with Crippen molar-refractivity contribution >= 4 is 11.8 Å². The first-order valence-corrected chi connectivity index (χ1v) is 13.0. The highest BCUT2D eigenvalue weighted by atomic mass is 32.2. The lowest BCUT2D eigenvalue weighted by Crippen LogP contribution is -2.55. The van der Waals surface area contributed by atoms with Gasteiger partial charge in [-0.15, -0.1) is 16.9 Å². The number of thioether (sulfide) groups is 1. The fraction of sp³-hybridized carbons (Fsp3) is 0.542. The zero-order chi connectivity index (χ0) is 27.8. The molecule has 4 rings (SSSR count). The molecular formula is C24H29F3N4O6S. The van der Waals surface area contributed by atoms with E-state index < -0.39 is 64.7 Å². The molecule has 4 N–H and O–H groups in total. The number of hydrogen-bond donors (Lipinski definition) is 4. The number of rotatable bonds is 9. The van der Waals surface area contributed by atoms with Crippen LogP contribution in [0.5, 0.6) is 0 Å². The Kier molecular flexibility index (Phi) is 8.49. The molecule has 10 nitrogen and oxygen atoms in total. The van der Waals surface area contributed by atoms with Crippen LogP contribution in [0.4, 0.5) is 13.2 Å². The lowest BCUT2D eigenvalue weighted by atomic mass is 9.89. The van der Waals surface area contributed by atoms with Crippen molar-refractivity contribution in [2.75, 3.05) is 6.61 Å². The molecular weight excluding hydrogens is 529 g/mol. The first-order valence-electron chi connectivity index (χ1n) is 12.0. The summed E-state index contributed by atoms with van der Waals surface area (Å²) >= 11 is 1.08. The minimum absolute atomic E-state index is 0.0391. The summed E-state index contributed by atoms with van der Waals surface area (Å²) in [7, 11) is 0. The third-order valence-corrected chi connectivity index (χ3v) is 8.62. The van der Waals surface area contributed by atoms with Gasteiger partial charge >= 0.3 is 0 Å². The molecule has 1 fully saturated rings. The smallest absolute Gasteiger partial charge is 0.194 e. The van der Waals surface area contributed by atoms with Crippen LogP contribution in [0.2, 0.25) is 0 Å². The van der Waals surface area contributed by atoms with Crippen molar-refractivity contribution in [3.8, 4) is 11.3 Å². The summed E-state index contributed by atoms with van der Waals surface area (Å²) < 4.78 is 52.9. The van der Waals surface area contributed by atoms with Crippen molar-refractivity contribution in [2.45, 2.75) is 74.3 Å². The number of benzene rings is 1. The largest absolute Gasteiger partial charge is 0.394 e. The number of halogens is 3. The summed E-state index contributed by atoms with van der Waals surface area (Å²) in [6.45, 7) is 4.76. The van der Waals surface area contributed by atoms with E-state index >= 15 is 0 Å². The number of aliphatic hydroxyl groups is 4. The Morgan fingerprint density at radius 3 is 2.34 bits per heavy atom. The van der Waals surface area contributed by atoms with Crippen molar-refractivity contribution in [3.63, 3.8) is 0 Å². The third-order valence-electron chi connectivity index (χ3n) is 7.00. The van der Waals surface area contributed by atoms with E-state index in [-0.39, 0.29) is 11.3 Å². The van der Waals surface area contributed by atoms with E-state index in [0.717, 1.165) is 28.6 Å². The maximum absolute atomic E-state index is 13.8. The molecule has 3 heterocycles. The Balaban J connectivity index is 1.68. The quantitative estimate of drug-likeness (QED) is 0.289. The second kappa shape index (κ2) is 11.3. The van der Waals surface area contributed by atoms with Gasteiger partial charge in [-0.3, -0.25) is 0 Å². The van der Waals surface area contributed by atoms with Crippen LogP contribution >= 0.6 is 11.8 Å². The highest BCUT2D eigenvalue weighted by Crippen LogP contribution is 2.48. The van der Waals surface area contributed by atoms with Gasteiger partial charge in [0.1, 0.15) is 41.7 Å². The van der Waals surface area contributed by atoms with Crippen LogP contribution < -0.4 is 0 Å². The molecule has 1 aliphatic heterocycles. The molecule has 208 valence electrons. The van der Waals surface area contributed by atoms with Crippen LogP contribution in [-0.4, -0.2) is 76.5 Å². The minimum Gasteiger partial charge on any atom is -0.394 e. The fourth-order valence-corrected chi connectivity index (χ4v) is 6.30. The average molecular weight is 559 g/mol. The van der Waals surface area contributed by atoms with Gasteiger partial charge in [0.2, 0.25) is 0 Å². The maximum atomic E-state index is 13.8. The zero-order valence-corrected chi connectivity index (χ0v) is 21.6. The Labute approximate surface area is 220 Å². The Morgan fingerprint density at radius 2 is 1.79 bits per heavy atom. The first kappa shape index (κ1) is 28.5. The van der Waals surface area contributed by atoms with Gasteiger partial charge < -0.3 is 29.7 Å². The average Bonchev–Trinajstić information content (AvgIpc) is 3.55. The van der Waals surface area contributed by atoms with Crippen LogP contribution in [0, 0.1) is 24.4 Å². The molecule has 3 aromatic rings. The van der Waals surface area contributed by atoms with Crippen molar-refractivity contribution in [3.05, 3.63) is 53.3 Å². The van der Waals surface area contributed by atoms with E-state index in [9.17, 15) is 33.6 Å². The fourth-order valence-electron chi connectivity index (χ4n) is 4.55. The van der Waals surface area contributed by atoms with Gasteiger partial charge in [-0.2, -0.15) is 0 Å². The molecule has 0 radical (unpaired) electrons. The van der Waals surface area contributed by atoms with Crippen molar-refractivity contribution < 1.29 is 42.9 Å². The molecule has 0 bridgehead atoms. The van der Waals surface area contributed by atoms with Crippen molar-refractivity contribution in [1.29, 1.82) is 0 Å². The van der Waals surface area contributed by atoms with Crippen LogP contribution in [0.15, 0.2) is 29.1 Å². The molecule has 0 amide bonds. The van der Waals surface area contributed by atoms with E-state index in [1.165, 1.54) is 12.5 Å². The van der Waals surface area contributed by atoms with E-state index in [1.54, 1.807) is 6.92 Å². The molecule has 6 atom stereocenters. The second-order valence-electron chi connectivity index (χ2n) is 9.22. The van der Waals surface area contributed by atoms with Gasteiger partial charge in [0.25, 0.3) is 0 Å². The Hall–Kier alpha value is -2.49. The molecule has 38 heavy (non-hydrogen) atoms. The van der Waals surface area contributed by atoms with Gasteiger partial charge in [-0.1, -0.05) is 24.2 Å². The zero-order valence-electron chi connectivity index (χ0n) is 20.8. The minimum atomic E-state index is -1.63. The lowest BCUT2D eigenvalue weighted by molar-refractivity contribution is -0.179. The van der Waals surface area contributed by atoms with E-state index in [1.807, 2.05) is 13.8 Å². The molecule has 1 saturated heterocycles. The molecule has 1 aromatic carbocycles. The van der Waals surface area contributed by atoms with E-state index in [4.69, 9.17) is 9.26 Å². The molecule has 0 saturated carbocycles. The van der Waals surface area contributed by atoms with E-state index in [2.05, 4.69) is 15.5 Å². The number of aromatic nitrogens is 4. The topological polar surface area (TPSA) is 147 Å². The number of hydrogen-bond acceptors (Lipinski definition) is 10. The summed E-state index contributed by atoms with van der Waals surface area (Å²) in [6, 6.07) is 0.303. The molecule has 0 aliphatic carbocycles. The highest BCUT2D eigenvalue weighted by Gasteiger charge is 2.49. The Morgan fingerprint density at radius 1 is 1.13 bits per heavy atom. The second-order valence-corrected chi connectivity index (χ2v) is 10.4. The van der Waals surface area contributed by atoms with Gasteiger partial charge in [0, 0.05) is 11.1 Å². The van der Waals surface area contributed by atoms with Crippen LogP contribution in [0.25, 0.3) is 11.3 Å². The molecule has 0 spiro atoms. The van der Waals surface area contributed by atoms with Gasteiger partial charge in [0.15, 0.2) is 17.5 Å². The third kappa shape index (κ3) is 5.20. The van der Waals surface area contributed by atoms with Gasteiger partial charge in [0.05, 0.1) is 29.3 Å². The standard InChI is InChI=1S/C24H29F3N4O6S/c1-4-24(35,5-2)22(13-10-36-29-11(13)3)38-23-21(34)19(20(33)17(9-32)37-23)31-8-16(28-30-31)12-6-14(25)18(27)15(26)7-12/h6-8,10,17,19-23,32-35H,4-5,9H2,1-3H3/t17-,19+,20+,21-,22+,23+/m1/s1. The summed E-state index contributed by atoms with van der Waals surface area (Å²) in [5.41, 5.74) is -1.30. The summed E-state index contributed by atoms with van der Waals surface area (Å²) in [6.07, 6.45) is -0.651. The first-order chi connectivity index (χ1) is 18.0. The normalized spacial score (nSPS) is 25.1. The predicted octanol–water partition coefficient (Wildman–Crippen LogP) is 2.66. The molecule has 1 aliphatic rings. The number of ether oxygens (including phenoxy) is 1. The van der Waals surface area contributed by atoms with Crippen molar-refractivity contribution in [1.82, 2.24) is 20.2 Å². The summed E-state index contributed by atoms with van der Waals surface area (Å²) in [4.78, 5) is 0. The van der Waals surface area contributed by atoms with Gasteiger partial charge in [-0.05, 0) is 31.9 Å². The van der Waals surface area contributed by atoms with Gasteiger partial charge in [-0.25, -0.2) is 17.9 Å². The van der Waals surface area contributed by atoms with Crippen LogP contribution in [0.1, 0.15) is 49.2 Å². The van der Waals surface area contributed by atoms with E-state index in [0.29, 0.717) is 24.1 Å². The molecule has 0 unspecified atom stereocenters. The highest BCUT2D eigenvalue weighted by molar-refractivity contribution is 8.00. The summed E-state index contributed by atoms with van der Waals surface area (Å²) in [5.74, 6) is -4.45.